The van der Waals surface area contributed by atoms with Gasteiger partial charge in [-0.15, -0.1) is 11.3 Å². The number of primary amides is 1. The molecule has 2 atom stereocenters. The molecule has 6 nitrogen and oxygen atoms in total. The van der Waals surface area contributed by atoms with Crippen LogP contribution in [0, 0.1) is 11.3 Å². The molecule has 1 fully saturated rings. The Labute approximate surface area is 161 Å². The molecule has 1 aromatic heterocycles. The molecule has 1 aliphatic rings. The van der Waals surface area contributed by atoms with Crippen LogP contribution in [0.15, 0.2) is 22.5 Å². The van der Waals surface area contributed by atoms with Crippen LogP contribution in [0.5, 0.6) is 0 Å². The third-order valence-corrected chi connectivity index (χ3v) is 5.96. The lowest BCUT2D eigenvalue weighted by Crippen LogP contribution is -2.45. The molecule has 26 heavy (non-hydrogen) atoms. The second-order valence-corrected chi connectivity index (χ2v) is 8.65. The van der Waals surface area contributed by atoms with E-state index in [-0.39, 0.29) is 5.91 Å². The fourth-order valence-electron chi connectivity index (χ4n) is 3.31. The van der Waals surface area contributed by atoms with Crippen LogP contribution in [0.3, 0.4) is 0 Å². The van der Waals surface area contributed by atoms with Gasteiger partial charge in [0.05, 0.1) is 12.0 Å². The predicted octanol–water partition coefficient (Wildman–Crippen LogP) is 2.20. The number of rotatable bonds is 7. The number of guanidine groups is 1. The van der Waals surface area contributed by atoms with Gasteiger partial charge in [0, 0.05) is 24.0 Å². The summed E-state index contributed by atoms with van der Waals surface area (Å²) < 4.78 is 0. The minimum Gasteiger partial charge on any atom is -0.369 e. The highest BCUT2D eigenvalue weighted by Crippen LogP contribution is 2.36. The summed E-state index contributed by atoms with van der Waals surface area (Å²) in [6, 6.07) is 4.81. The van der Waals surface area contributed by atoms with Gasteiger partial charge in [-0.25, -0.2) is 0 Å². The largest absolute Gasteiger partial charge is 0.369 e. The number of hydrogen-bond acceptors (Lipinski definition) is 4. The molecule has 146 valence electrons. The van der Waals surface area contributed by atoms with Gasteiger partial charge in [0.2, 0.25) is 5.91 Å². The summed E-state index contributed by atoms with van der Waals surface area (Å²) in [5.41, 5.74) is 4.81. The van der Waals surface area contributed by atoms with E-state index >= 15 is 0 Å². The Morgan fingerprint density at radius 2 is 2.23 bits per heavy atom. The molecule has 2 rings (SSSR count). The summed E-state index contributed by atoms with van der Waals surface area (Å²) in [4.78, 5) is 20.0. The van der Waals surface area contributed by atoms with E-state index in [4.69, 9.17) is 5.73 Å². The standard InChI is InChI=1S/C19H33N5OS/c1-5-21-18(23-13-19(2,3)17(20)25)22-12-14-8-6-10-24(4)16(14)15-9-7-11-26-15/h7,9,11,14,16H,5-6,8,10,12-13H2,1-4H3,(H2,20,25)(H2,21,22,23). The number of nitrogens with zero attached hydrogens (tertiary/aromatic N) is 2. The first kappa shape index (κ1) is 20.7. The Morgan fingerprint density at radius 3 is 2.85 bits per heavy atom. The first-order chi connectivity index (χ1) is 12.3. The van der Waals surface area contributed by atoms with Gasteiger partial charge in [0.1, 0.15) is 0 Å². The van der Waals surface area contributed by atoms with Gasteiger partial charge in [-0.1, -0.05) is 6.07 Å². The lowest BCUT2D eigenvalue weighted by Gasteiger charge is -2.39. The van der Waals surface area contributed by atoms with Crippen LogP contribution in [0.25, 0.3) is 0 Å². The molecule has 7 heteroatoms. The topological polar surface area (TPSA) is 82.7 Å². The summed E-state index contributed by atoms with van der Waals surface area (Å²) in [7, 11) is 2.21. The van der Waals surface area contributed by atoms with Crippen molar-refractivity contribution in [3.8, 4) is 0 Å². The van der Waals surface area contributed by atoms with Crippen LogP contribution >= 0.6 is 11.3 Å². The SMILES string of the molecule is CCNC(=NCC(C)(C)C(N)=O)NCC1CCCN(C)C1c1cccs1. The molecule has 0 aromatic carbocycles. The molecular formula is C19H33N5OS. The number of amides is 1. The molecule has 0 bridgehead atoms. The molecular weight excluding hydrogens is 346 g/mol. The van der Waals surface area contributed by atoms with Crippen molar-refractivity contribution in [3.63, 3.8) is 0 Å². The third kappa shape index (κ3) is 5.45. The number of piperidine rings is 1. The quantitative estimate of drug-likeness (QED) is 0.501. The fourth-order valence-corrected chi connectivity index (χ4v) is 4.29. The summed E-state index contributed by atoms with van der Waals surface area (Å²) in [5.74, 6) is 0.948. The maximum Gasteiger partial charge on any atom is 0.224 e. The highest BCUT2D eigenvalue weighted by molar-refractivity contribution is 7.10. The summed E-state index contributed by atoms with van der Waals surface area (Å²) in [6.45, 7) is 8.84. The fraction of sp³-hybridized carbons (Fsp3) is 0.684. The van der Waals surface area contributed by atoms with E-state index in [0.717, 1.165) is 25.6 Å². The van der Waals surface area contributed by atoms with Crippen molar-refractivity contribution in [2.24, 2.45) is 22.1 Å². The second kappa shape index (κ2) is 9.37. The van der Waals surface area contributed by atoms with Crippen LogP contribution in [0.1, 0.15) is 44.5 Å². The van der Waals surface area contributed by atoms with E-state index in [1.807, 2.05) is 32.1 Å². The van der Waals surface area contributed by atoms with Crippen molar-refractivity contribution >= 4 is 23.2 Å². The maximum absolute atomic E-state index is 11.5. The first-order valence-corrected chi connectivity index (χ1v) is 10.3. The Balaban J connectivity index is 2.03. The average Bonchev–Trinajstić information content (AvgIpc) is 3.11. The number of aliphatic imine (C=N–C) groups is 1. The van der Waals surface area contributed by atoms with Crippen LogP contribution in [0.4, 0.5) is 0 Å². The number of likely N-dealkylation sites (tertiary alicyclic amines) is 1. The number of carbonyl (C=O) groups excluding carboxylic acids is 1. The zero-order valence-electron chi connectivity index (χ0n) is 16.4. The molecule has 2 heterocycles. The highest BCUT2D eigenvalue weighted by Gasteiger charge is 2.31. The molecule has 4 N–H and O–H groups in total. The number of thiophene rings is 1. The Bertz CT molecular complexity index is 599. The van der Waals surface area contributed by atoms with E-state index in [0.29, 0.717) is 18.5 Å². The number of nitrogens with two attached hydrogens (primary N) is 1. The van der Waals surface area contributed by atoms with Crippen molar-refractivity contribution in [1.29, 1.82) is 0 Å². The monoisotopic (exact) mass is 379 g/mol. The first-order valence-electron chi connectivity index (χ1n) is 9.41. The van der Waals surface area contributed by atoms with Crippen LogP contribution in [-0.2, 0) is 4.79 Å². The van der Waals surface area contributed by atoms with E-state index < -0.39 is 5.41 Å². The summed E-state index contributed by atoms with van der Waals surface area (Å²) in [6.07, 6.45) is 2.42. The van der Waals surface area contributed by atoms with Crippen molar-refractivity contribution in [1.82, 2.24) is 15.5 Å². The summed E-state index contributed by atoms with van der Waals surface area (Å²) in [5, 5.41) is 8.90. The third-order valence-electron chi connectivity index (χ3n) is 5.02. The van der Waals surface area contributed by atoms with E-state index in [2.05, 4.69) is 45.1 Å². The highest BCUT2D eigenvalue weighted by atomic mass is 32.1. The lowest BCUT2D eigenvalue weighted by atomic mass is 9.88. The molecule has 0 radical (unpaired) electrons. The molecule has 1 saturated heterocycles. The Morgan fingerprint density at radius 1 is 1.46 bits per heavy atom. The van der Waals surface area contributed by atoms with Gasteiger partial charge < -0.3 is 16.4 Å². The zero-order chi connectivity index (χ0) is 19.2. The van der Waals surface area contributed by atoms with Crippen molar-refractivity contribution < 1.29 is 4.79 Å². The summed E-state index contributed by atoms with van der Waals surface area (Å²) >= 11 is 1.83. The minimum absolute atomic E-state index is 0.330. The normalized spacial score (nSPS) is 22.2. The Hall–Kier alpha value is -1.60. The van der Waals surface area contributed by atoms with Gasteiger partial charge in [-0.05, 0) is 64.6 Å². The number of carbonyl (C=O) groups is 1. The van der Waals surface area contributed by atoms with Gasteiger partial charge >= 0.3 is 0 Å². The van der Waals surface area contributed by atoms with Crippen LogP contribution in [-0.4, -0.2) is 50.0 Å². The second-order valence-electron chi connectivity index (χ2n) is 7.67. The average molecular weight is 380 g/mol. The van der Waals surface area contributed by atoms with Crippen molar-refractivity contribution in [2.45, 2.75) is 39.7 Å². The minimum atomic E-state index is -0.646. The van der Waals surface area contributed by atoms with Crippen molar-refractivity contribution in [2.75, 3.05) is 33.2 Å². The van der Waals surface area contributed by atoms with Gasteiger partial charge in [0.25, 0.3) is 0 Å². The molecule has 2 unspecified atom stereocenters. The van der Waals surface area contributed by atoms with E-state index in [1.165, 1.54) is 17.7 Å². The van der Waals surface area contributed by atoms with Gasteiger partial charge in [-0.3, -0.25) is 14.7 Å². The van der Waals surface area contributed by atoms with Crippen LogP contribution < -0.4 is 16.4 Å². The number of hydrogen-bond donors (Lipinski definition) is 3. The molecule has 0 saturated carbocycles. The molecule has 0 aliphatic carbocycles. The van der Waals surface area contributed by atoms with Crippen molar-refractivity contribution in [3.05, 3.63) is 22.4 Å². The zero-order valence-corrected chi connectivity index (χ0v) is 17.2. The van der Waals surface area contributed by atoms with Gasteiger partial charge in [0.15, 0.2) is 5.96 Å². The maximum atomic E-state index is 11.5. The van der Waals surface area contributed by atoms with E-state index in [1.54, 1.807) is 0 Å². The van der Waals surface area contributed by atoms with Crippen LogP contribution in [0.2, 0.25) is 0 Å². The molecule has 0 spiro atoms. The predicted molar refractivity (Wildman–Crippen MR) is 109 cm³/mol. The molecule has 1 amide bonds. The number of nitrogens with one attached hydrogen (secondary N) is 2. The lowest BCUT2D eigenvalue weighted by molar-refractivity contribution is -0.125. The van der Waals surface area contributed by atoms with E-state index in [9.17, 15) is 4.79 Å². The van der Waals surface area contributed by atoms with Gasteiger partial charge in [-0.2, -0.15) is 0 Å². The smallest absolute Gasteiger partial charge is 0.224 e. The molecule has 1 aromatic rings. The molecule has 1 aliphatic heterocycles. The Kier molecular flexibility index (Phi) is 7.46.